The molecule has 0 bridgehead atoms. The number of carboxylic acid groups (broad SMARTS) is 1. The maximum atomic E-state index is 12.8. The Morgan fingerprint density at radius 1 is 1.09 bits per heavy atom. The maximum Gasteiger partial charge on any atom is 0.410 e. The van der Waals surface area contributed by atoms with Crippen molar-refractivity contribution in [1.82, 2.24) is 9.88 Å². The molecule has 1 aliphatic heterocycles. The van der Waals surface area contributed by atoms with Gasteiger partial charge in [-0.15, -0.1) is 0 Å². The topological polar surface area (TPSA) is 115 Å². The zero-order chi connectivity index (χ0) is 24.5. The average molecular weight is 497 g/mol. The van der Waals surface area contributed by atoms with Crippen LogP contribution in [0.25, 0.3) is 0 Å². The van der Waals surface area contributed by atoms with E-state index in [-0.39, 0.29) is 21.3 Å². The Morgan fingerprint density at radius 3 is 2.24 bits per heavy atom. The largest absolute Gasteiger partial charge is 0.478 e. The molecule has 1 aliphatic rings. The minimum atomic E-state index is -1.09. The van der Waals surface area contributed by atoms with E-state index < -0.39 is 23.6 Å². The number of carboxylic acids is 1. The molecule has 1 fully saturated rings. The zero-order valence-corrected chi connectivity index (χ0v) is 20.3. The van der Waals surface area contributed by atoms with E-state index in [9.17, 15) is 19.5 Å². The number of ether oxygens (including phenoxy) is 1. The second-order valence-electron chi connectivity index (χ2n) is 8.70. The van der Waals surface area contributed by atoms with Crippen LogP contribution in [-0.4, -0.2) is 64.7 Å². The van der Waals surface area contributed by atoms with E-state index in [1.165, 1.54) is 18.2 Å². The zero-order valence-electron chi connectivity index (χ0n) is 18.8. The summed E-state index contributed by atoms with van der Waals surface area (Å²) < 4.78 is 5.42. The number of anilines is 2. The van der Waals surface area contributed by atoms with Crippen molar-refractivity contribution < 1.29 is 24.2 Å². The number of aromatic nitrogens is 1. The highest BCUT2D eigenvalue weighted by atomic mass is 35.5. The summed E-state index contributed by atoms with van der Waals surface area (Å²) in [7, 11) is 0. The monoisotopic (exact) mass is 496 g/mol. The van der Waals surface area contributed by atoms with Crippen molar-refractivity contribution >= 4 is 52.5 Å². The molecule has 11 heteroatoms. The number of hydrogen-bond donors (Lipinski definition) is 3. The first kappa shape index (κ1) is 24.7. The third-order valence-electron chi connectivity index (χ3n) is 5.05. The summed E-state index contributed by atoms with van der Waals surface area (Å²) in [5.74, 6) is -1.59. The van der Waals surface area contributed by atoms with Gasteiger partial charge >= 0.3 is 12.1 Å². The number of aryl methyl sites for hydroxylation is 1. The van der Waals surface area contributed by atoms with E-state index >= 15 is 0 Å². The molecule has 2 amide bonds. The fourth-order valence-electron chi connectivity index (χ4n) is 3.40. The van der Waals surface area contributed by atoms with E-state index in [0.29, 0.717) is 43.2 Å². The van der Waals surface area contributed by atoms with Crippen molar-refractivity contribution in [3.05, 3.63) is 45.2 Å². The summed E-state index contributed by atoms with van der Waals surface area (Å²) in [5, 5.41) is 12.6. The number of nitrogens with zero attached hydrogens (tertiary/aromatic N) is 2. The molecule has 1 aromatic carbocycles. The molecule has 2 aromatic rings. The number of amides is 2. The van der Waals surface area contributed by atoms with E-state index in [2.05, 4.69) is 10.3 Å². The second-order valence-corrected chi connectivity index (χ2v) is 9.45. The number of halogens is 2. The number of nitrogens with one attached hydrogen (secondary N) is 2. The van der Waals surface area contributed by atoms with Crippen molar-refractivity contribution in [2.75, 3.05) is 36.4 Å². The Morgan fingerprint density at radius 2 is 1.73 bits per heavy atom. The van der Waals surface area contributed by atoms with Gasteiger partial charge < -0.3 is 29.9 Å². The third-order valence-corrected chi connectivity index (χ3v) is 5.99. The third kappa shape index (κ3) is 5.72. The molecule has 2 heterocycles. The number of carbonyl (C=O) groups excluding carboxylic acids is 2. The Bertz CT molecular complexity index is 1090. The number of aromatic carboxylic acids is 1. The second kappa shape index (κ2) is 9.52. The van der Waals surface area contributed by atoms with Crippen LogP contribution in [0.15, 0.2) is 18.2 Å². The molecule has 0 unspecified atom stereocenters. The molecular formula is C22H26Cl2N4O5. The van der Waals surface area contributed by atoms with Crippen LogP contribution in [0.1, 0.15) is 47.3 Å². The predicted molar refractivity (Wildman–Crippen MR) is 127 cm³/mol. The SMILES string of the molecule is Cc1[nH]c(C(=O)Nc2ccc(C(=O)O)cc2N2CCN(C(=O)OC(C)(C)C)CC2)c(Cl)c1Cl. The quantitative estimate of drug-likeness (QED) is 0.567. The van der Waals surface area contributed by atoms with Crippen LogP contribution in [0.4, 0.5) is 16.2 Å². The van der Waals surface area contributed by atoms with Crippen LogP contribution in [0.2, 0.25) is 10.0 Å². The first-order valence-electron chi connectivity index (χ1n) is 10.3. The van der Waals surface area contributed by atoms with Gasteiger partial charge in [0.05, 0.1) is 27.0 Å². The van der Waals surface area contributed by atoms with Gasteiger partial charge in [0.1, 0.15) is 11.3 Å². The normalized spacial score (nSPS) is 14.2. The molecule has 0 aliphatic carbocycles. The van der Waals surface area contributed by atoms with Gasteiger partial charge in [0.25, 0.3) is 5.91 Å². The Hall–Kier alpha value is -2.91. The number of piperazine rings is 1. The van der Waals surface area contributed by atoms with Crippen molar-refractivity contribution in [2.45, 2.75) is 33.3 Å². The average Bonchev–Trinajstić information content (AvgIpc) is 3.00. The molecule has 1 aromatic heterocycles. The standard InChI is InChI=1S/C22H26Cl2N4O5/c1-12-16(23)17(24)18(25-12)19(29)26-14-6-5-13(20(30)31)11-15(14)27-7-9-28(10-8-27)21(32)33-22(2,3)4/h5-6,11,25H,7-10H2,1-4H3,(H,26,29)(H,30,31). The molecule has 178 valence electrons. The van der Waals surface area contributed by atoms with Gasteiger partial charge in [-0.2, -0.15) is 0 Å². The molecule has 9 nitrogen and oxygen atoms in total. The molecule has 1 saturated heterocycles. The van der Waals surface area contributed by atoms with E-state index in [1.807, 2.05) is 4.90 Å². The molecule has 0 saturated carbocycles. The first-order chi connectivity index (χ1) is 15.4. The van der Waals surface area contributed by atoms with Crippen molar-refractivity contribution in [1.29, 1.82) is 0 Å². The number of H-pyrrole nitrogens is 1. The highest BCUT2D eigenvalue weighted by Crippen LogP contribution is 2.32. The van der Waals surface area contributed by atoms with Gasteiger partial charge in [-0.05, 0) is 45.9 Å². The number of carbonyl (C=O) groups is 3. The van der Waals surface area contributed by atoms with Crippen LogP contribution >= 0.6 is 23.2 Å². The van der Waals surface area contributed by atoms with Crippen molar-refractivity contribution in [3.63, 3.8) is 0 Å². The number of hydrogen-bond acceptors (Lipinski definition) is 5. The number of rotatable bonds is 4. The van der Waals surface area contributed by atoms with Crippen molar-refractivity contribution in [2.24, 2.45) is 0 Å². The molecule has 3 N–H and O–H groups in total. The summed E-state index contributed by atoms with van der Waals surface area (Å²) in [6, 6.07) is 4.44. The van der Waals surface area contributed by atoms with Gasteiger partial charge in [0.15, 0.2) is 0 Å². The molecular weight excluding hydrogens is 471 g/mol. The van der Waals surface area contributed by atoms with Gasteiger partial charge in [-0.3, -0.25) is 4.79 Å². The molecule has 3 rings (SSSR count). The lowest BCUT2D eigenvalue weighted by Gasteiger charge is -2.37. The fraction of sp³-hybridized carbons (Fsp3) is 0.409. The van der Waals surface area contributed by atoms with Gasteiger partial charge in [-0.1, -0.05) is 23.2 Å². The minimum Gasteiger partial charge on any atom is -0.478 e. The van der Waals surface area contributed by atoms with E-state index in [1.54, 1.807) is 32.6 Å². The summed E-state index contributed by atoms with van der Waals surface area (Å²) >= 11 is 12.2. The Balaban J connectivity index is 1.82. The van der Waals surface area contributed by atoms with Crippen LogP contribution < -0.4 is 10.2 Å². The van der Waals surface area contributed by atoms with Crippen LogP contribution in [-0.2, 0) is 4.74 Å². The lowest BCUT2D eigenvalue weighted by Crippen LogP contribution is -2.50. The van der Waals surface area contributed by atoms with Crippen LogP contribution in [0.5, 0.6) is 0 Å². The fourth-order valence-corrected chi connectivity index (χ4v) is 3.82. The maximum absolute atomic E-state index is 12.8. The Kier molecular flexibility index (Phi) is 7.14. The predicted octanol–water partition coefficient (Wildman–Crippen LogP) is 4.64. The summed E-state index contributed by atoms with van der Waals surface area (Å²) in [6.07, 6.45) is -0.399. The van der Waals surface area contributed by atoms with Crippen LogP contribution in [0, 0.1) is 6.92 Å². The van der Waals surface area contributed by atoms with Gasteiger partial charge in [-0.25, -0.2) is 9.59 Å². The first-order valence-corrected chi connectivity index (χ1v) is 11.1. The van der Waals surface area contributed by atoms with Crippen LogP contribution in [0.3, 0.4) is 0 Å². The number of benzene rings is 1. The summed E-state index contributed by atoms with van der Waals surface area (Å²) in [5.41, 5.74) is 1.10. The number of aromatic amines is 1. The highest BCUT2D eigenvalue weighted by Gasteiger charge is 2.28. The molecule has 0 atom stereocenters. The highest BCUT2D eigenvalue weighted by molar-refractivity contribution is 6.44. The molecule has 0 spiro atoms. The summed E-state index contributed by atoms with van der Waals surface area (Å²) in [4.78, 5) is 43.1. The van der Waals surface area contributed by atoms with Gasteiger partial charge in [0.2, 0.25) is 0 Å². The molecule has 0 radical (unpaired) electrons. The molecule has 33 heavy (non-hydrogen) atoms. The summed E-state index contributed by atoms with van der Waals surface area (Å²) in [6.45, 7) is 8.74. The van der Waals surface area contributed by atoms with Crippen molar-refractivity contribution in [3.8, 4) is 0 Å². The lowest BCUT2D eigenvalue weighted by molar-refractivity contribution is 0.0240. The van der Waals surface area contributed by atoms with E-state index in [0.717, 1.165) is 0 Å². The smallest absolute Gasteiger partial charge is 0.410 e. The van der Waals surface area contributed by atoms with E-state index in [4.69, 9.17) is 27.9 Å². The minimum absolute atomic E-state index is 0.0781. The Labute approximate surface area is 201 Å². The van der Waals surface area contributed by atoms with Gasteiger partial charge in [0, 0.05) is 31.9 Å². The lowest BCUT2D eigenvalue weighted by atomic mass is 10.1.